The first-order chi connectivity index (χ1) is 15.3. The molecule has 3 heterocycles. The largest absolute Gasteiger partial charge is 0.350 e. The van der Waals surface area contributed by atoms with Gasteiger partial charge in [0.15, 0.2) is 0 Å². The summed E-state index contributed by atoms with van der Waals surface area (Å²) >= 11 is 6.09. The summed E-state index contributed by atoms with van der Waals surface area (Å²) < 4.78 is 25.4. The molecule has 1 N–H and O–H groups in total. The van der Waals surface area contributed by atoms with E-state index in [-0.39, 0.29) is 17.9 Å². The normalized spacial score (nSPS) is 24.9. The Morgan fingerprint density at radius 1 is 1.06 bits per heavy atom. The lowest BCUT2D eigenvalue weighted by Crippen LogP contribution is -2.53. The first kappa shape index (κ1) is 21.5. The van der Waals surface area contributed by atoms with E-state index in [2.05, 4.69) is 14.6 Å². The summed E-state index contributed by atoms with van der Waals surface area (Å²) in [5, 5.41) is 0.669. The summed E-state index contributed by atoms with van der Waals surface area (Å²) in [6.45, 7) is 0. The van der Waals surface area contributed by atoms with Crippen LogP contribution in [0, 0.1) is 5.92 Å². The fourth-order valence-corrected chi connectivity index (χ4v) is 5.87. The predicted octanol–water partition coefficient (Wildman–Crippen LogP) is 4.05. The minimum absolute atomic E-state index is 0.151. The van der Waals surface area contributed by atoms with Crippen molar-refractivity contribution >= 4 is 44.7 Å². The summed E-state index contributed by atoms with van der Waals surface area (Å²) in [4.78, 5) is 22.2. The second-order valence-corrected chi connectivity index (χ2v) is 11.3. The molecule has 0 spiro atoms. The van der Waals surface area contributed by atoms with Gasteiger partial charge in [0, 0.05) is 34.8 Å². The third-order valence-corrected chi connectivity index (χ3v) is 7.52. The lowest BCUT2D eigenvalue weighted by molar-refractivity contribution is -0.120. The number of piperidine rings is 1. The number of benzene rings is 1. The summed E-state index contributed by atoms with van der Waals surface area (Å²) in [6, 6.07) is 12.0. The molecule has 3 aliphatic rings. The molecule has 2 bridgehead atoms. The van der Waals surface area contributed by atoms with Crippen LogP contribution in [0.3, 0.4) is 0 Å². The molecule has 2 atom stereocenters. The molecule has 1 aliphatic carbocycles. The fourth-order valence-electron chi connectivity index (χ4n) is 5.19. The van der Waals surface area contributed by atoms with Crippen molar-refractivity contribution in [1.82, 2.24) is 4.98 Å². The van der Waals surface area contributed by atoms with Crippen molar-refractivity contribution in [2.45, 2.75) is 56.7 Å². The highest BCUT2D eigenvalue weighted by molar-refractivity contribution is 7.92. The third kappa shape index (κ3) is 4.43. The molecular weight excluding hydrogens is 448 g/mol. The smallest absolute Gasteiger partial charge is 0.230 e. The van der Waals surface area contributed by atoms with E-state index in [0.717, 1.165) is 56.3 Å². The lowest BCUT2D eigenvalue weighted by Gasteiger charge is -2.44. The Morgan fingerprint density at radius 2 is 1.72 bits per heavy atom. The topological polar surface area (TPSA) is 82.6 Å². The molecule has 32 heavy (non-hydrogen) atoms. The number of carbonyl (C=O) groups excluding carboxylic acids is 1. The van der Waals surface area contributed by atoms with Gasteiger partial charge >= 0.3 is 0 Å². The highest BCUT2D eigenvalue weighted by Crippen LogP contribution is 2.43. The molecule has 5 rings (SSSR count). The van der Waals surface area contributed by atoms with E-state index in [0.29, 0.717) is 22.8 Å². The number of anilines is 3. The van der Waals surface area contributed by atoms with Crippen molar-refractivity contribution < 1.29 is 13.2 Å². The molecular formula is C23H27ClN4O3S. The zero-order chi connectivity index (χ0) is 22.5. The molecule has 170 valence electrons. The van der Waals surface area contributed by atoms with Gasteiger partial charge in [-0.2, -0.15) is 0 Å². The van der Waals surface area contributed by atoms with Crippen LogP contribution in [0.2, 0.25) is 5.02 Å². The summed E-state index contributed by atoms with van der Waals surface area (Å²) in [5.74, 6) is 1.25. The van der Waals surface area contributed by atoms with Crippen LogP contribution in [0.4, 0.5) is 17.2 Å². The molecule has 1 aromatic carbocycles. The van der Waals surface area contributed by atoms with Crippen molar-refractivity contribution in [3.63, 3.8) is 0 Å². The van der Waals surface area contributed by atoms with Crippen molar-refractivity contribution in [2.75, 3.05) is 20.8 Å². The number of amides is 1. The number of nitrogens with zero attached hydrogens (tertiary/aromatic N) is 3. The SMILES string of the molecule is CS(=O)(=O)Nc1ccc(N2C3CCC2CC(N(C(=O)C2CC2)c2ccc(Cl)cc2)C3)nc1. The standard InChI is InChI=1S/C23H27ClN4O3S/c1-32(30,31)26-17-6-11-22(25-14-17)27-19-9-10-20(27)13-21(12-19)28(23(29)15-2-3-15)18-7-4-16(24)5-8-18/h4-8,11,14-15,19-21,26H,2-3,9-10,12-13H2,1H3. The van der Waals surface area contributed by atoms with Crippen LogP contribution in [0.5, 0.6) is 0 Å². The van der Waals surface area contributed by atoms with E-state index in [1.54, 1.807) is 12.3 Å². The van der Waals surface area contributed by atoms with Gasteiger partial charge in [0.25, 0.3) is 0 Å². The number of rotatable bonds is 6. The van der Waals surface area contributed by atoms with Crippen LogP contribution in [-0.4, -0.2) is 43.7 Å². The third-order valence-electron chi connectivity index (χ3n) is 6.66. The lowest BCUT2D eigenvalue weighted by atomic mass is 9.94. The number of hydrogen-bond donors (Lipinski definition) is 1. The highest BCUT2D eigenvalue weighted by atomic mass is 35.5. The monoisotopic (exact) mass is 474 g/mol. The quantitative estimate of drug-likeness (QED) is 0.682. The van der Waals surface area contributed by atoms with Crippen LogP contribution in [0.1, 0.15) is 38.5 Å². The molecule has 3 fully saturated rings. The molecule has 0 radical (unpaired) electrons. The van der Waals surface area contributed by atoms with Crippen LogP contribution in [-0.2, 0) is 14.8 Å². The average molecular weight is 475 g/mol. The van der Waals surface area contributed by atoms with E-state index in [9.17, 15) is 13.2 Å². The zero-order valence-electron chi connectivity index (χ0n) is 17.9. The Hall–Kier alpha value is -2.32. The molecule has 7 nitrogen and oxygen atoms in total. The number of carbonyl (C=O) groups is 1. The number of sulfonamides is 1. The van der Waals surface area contributed by atoms with Crippen LogP contribution < -0.4 is 14.5 Å². The van der Waals surface area contributed by atoms with E-state index >= 15 is 0 Å². The highest BCUT2D eigenvalue weighted by Gasteiger charge is 2.46. The van der Waals surface area contributed by atoms with Crippen LogP contribution in [0.15, 0.2) is 42.6 Å². The van der Waals surface area contributed by atoms with Gasteiger partial charge in [-0.15, -0.1) is 0 Å². The molecule has 1 aromatic heterocycles. The Bertz CT molecular complexity index is 1090. The minimum Gasteiger partial charge on any atom is -0.350 e. The Balaban J connectivity index is 1.36. The first-order valence-electron chi connectivity index (χ1n) is 11.1. The summed E-state index contributed by atoms with van der Waals surface area (Å²) in [7, 11) is -3.33. The molecule has 2 saturated heterocycles. The minimum atomic E-state index is -3.33. The van der Waals surface area contributed by atoms with Gasteiger partial charge in [-0.1, -0.05) is 11.6 Å². The average Bonchev–Trinajstić information content (AvgIpc) is 3.55. The number of halogens is 1. The fraction of sp³-hybridized carbons (Fsp3) is 0.478. The Morgan fingerprint density at radius 3 is 2.25 bits per heavy atom. The number of pyridine rings is 1. The molecule has 9 heteroatoms. The second-order valence-electron chi connectivity index (χ2n) is 9.16. The second kappa shape index (κ2) is 8.23. The maximum Gasteiger partial charge on any atom is 0.230 e. The van der Waals surface area contributed by atoms with Crippen LogP contribution in [0.25, 0.3) is 0 Å². The van der Waals surface area contributed by atoms with Gasteiger partial charge in [0.1, 0.15) is 5.82 Å². The predicted molar refractivity (Wildman–Crippen MR) is 127 cm³/mol. The number of aromatic nitrogens is 1. The van der Waals surface area contributed by atoms with E-state index in [1.807, 2.05) is 35.2 Å². The van der Waals surface area contributed by atoms with Gasteiger partial charge in [-0.3, -0.25) is 9.52 Å². The van der Waals surface area contributed by atoms with Gasteiger partial charge in [-0.25, -0.2) is 13.4 Å². The number of fused-ring (bicyclic) bond motifs is 2. The molecule has 2 aromatic rings. The Labute approximate surface area is 193 Å². The van der Waals surface area contributed by atoms with E-state index < -0.39 is 10.0 Å². The van der Waals surface area contributed by atoms with Gasteiger partial charge < -0.3 is 9.80 Å². The van der Waals surface area contributed by atoms with E-state index in [1.165, 1.54) is 0 Å². The number of hydrogen-bond acceptors (Lipinski definition) is 5. The van der Waals surface area contributed by atoms with Crippen molar-refractivity contribution in [1.29, 1.82) is 0 Å². The molecule has 2 unspecified atom stereocenters. The van der Waals surface area contributed by atoms with Gasteiger partial charge in [0.2, 0.25) is 15.9 Å². The summed E-state index contributed by atoms with van der Waals surface area (Å²) in [6.07, 6.45) is 8.57. The zero-order valence-corrected chi connectivity index (χ0v) is 19.5. The van der Waals surface area contributed by atoms with Crippen molar-refractivity contribution in [2.24, 2.45) is 5.92 Å². The van der Waals surface area contributed by atoms with Gasteiger partial charge in [0.05, 0.1) is 18.1 Å². The molecule has 2 aliphatic heterocycles. The molecule has 1 amide bonds. The summed E-state index contributed by atoms with van der Waals surface area (Å²) in [5.41, 5.74) is 1.39. The maximum absolute atomic E-state index is 13.2. The molecule has 1 saturated carbocycles. The van der Waals surface area contributed by atoms with Crippen LogP contribution >= 0.6 is 11.6 Å². The number of nitrogens with one attached hydrogen (secondary N) is 1. The van der Waals surface area contributed by atoms with Gasteiger partial charge in [-0.05, 0) is 74.9 Å². The van der Waals surface area contributed by atoms with Crippen molar-refractivity contribution in [3.05, 3.63) is 47.6 Å². The first-order valence-corrected chi connectivity index (χ1v) is 13.4. The maximum atomic E-state index is 13.2. The Kier molecular flexibility index (Phi) is 5.53. The van der Waals surface area contributed by atoms with Crippen molar-refractivity contribution in [3.8, 4) is 0 Å². The van der Waals surface area contributed by atoms with E-state index in [4.69, 9.17) is 11.6 Å².